The van der Waals surface area contributed by atoms with Crippen molar-refractivity contribution in [1.82, 2.24) is 9.88 Å². The van der Waals surface area contributed by atoms with Gasteiger partial charge in [0.15, 0.2) is 0 Å². The number of anilines is 1. The van der Waals surface area contributed by atoms with Crippen LogP contribution in [0.1, 0.15) is 47.1 Å². The van der Waals surface area contributed by atoms with Gasteiger partial charge >= 0.3 is 0 Å². The van der Waals surface area contributed by atoms with Gasteiger partial charge in [-0.1, -0.05) is 40.6 Å². The molecule has 1 aliphatic heterocycles. The molecule has 1 aliphatic rings. The highest BCUT2D eigenvalue weighted by molar-refractivity contribution is 7.17. The van der Waals surface area contributed by atoms with Crippen LogP contribution in [-0.2, 0) is 0 Å². The highest BCUT2D eigenvalue weighted by Crippen LogP contribution is 2.26. The molecule has 1 aromatic heterocycles. The Morgan fingerprint density at radius 1 is 1.23 bits per heavy atom. The zero-order chi connectivity index (χ0) is 18.7. The third kappa shape index (κ3) is 4.37. The smallest absolute Gasteiger partial charge is 0.265 e. The first-order chi connectivity index (χ1) is 12.5. The van der Waals surface area contributed by atoms with Gasteiger partial charge in [0.25, 0.3) is 5.91 Å². The zero-order valence-electron chi connectivity index (χ0n) is 14.7. The van der Waals surface area contributed by atoms with E-state index in [0.29, 0.717) is 20.1 Å². The van der Waals surface area contributed by atoms with Crippen molar-refractivity contribution in [3.63, 3.8) is 0 Å². The number of carbonyl (C=O) groups is 1. The second-order valence-electron chi connectivity index (χ2n) is 6.22. The first-order valence-electron chi connectivity index (χ1n) is 8.48. The minimum Gasteiger partial charge on any atom is -0.338 e. The van der Waals surface area contributed by atoms with Crippen LogP contribution < -0.4 is 5.43 Å². The number of hydrogen-bond acceptors (Lipinski definition) is 5. The summed E-state index contributed by atoms with van der Waals surface area (Å²) in [5, 5.41) is 5.94. The van der Waals surface area contributed by atoms with Gasteiger partial charge in [0.2, 0.25) is 5.13 Å². The van der Waals surface area contributed by atoms with Crippen LogP contribution in [0, 0.1) is 6.92 Å². The maximum Gasteiger partial charge on any atom is 0.265 e. The van der Waals surface area contributed by atoms with Gasteiger partial charge in [0.05, 0.1) is 21.5 Å². The molecule has 1 amide bonds. The Kier molecular flexibility index (Phi) is 6.16. The van der Waals surface area contributed by atoms with Crippen LogP contribution in [0.2, 0.25) is 10.0 Å². The Bertz CT molecular complexity index is 844. The Hall–Kier alpha value is -1.63. The highest BCUT2D eigenvalue weighted by atomic mass is 35.5. The average molecular weight is 411 g/mol. The summed E-state index contributed by atoms with van der Waals surface area (Å²) in [6, 6.07) is 5.36. The fourth-order valence-corrected chi connectivity index (χ4v) is 3.98. The van der Waals surface area contributed by atoms with E-state index in [2.05, 4.69) is 15.5 Å². The molecule has 0 atom stereocenters. The third-order valence-electron chi connectivity index (χ3n) is 4.29. The molecule has 138 valence electrons. The lowest BCUT2D eigenvalue weighted by Gasteiger charge is -2.26. The standard InChI is InChI=1S/C18H20Cl2N4OS/c1-11(13-6-7-14(19)15(20)10-13)22-23-18-21-12(2)16(26-18)17(25)24-8-4-3-5-9-24/h6-7,10H,3-5,8-9H2,1-2H3,(H,21,23)/b22-11+. The molecule has 5 nitrogen and oxygen atoms in total. The minimum atomic E-state index is 0.0675. The van der Waals surface area contributed by atoms with E-state index in [4.69, 9.17) is 23.2 Å². The van der Waals surface area contributed by atoms with E-state index < -0.39 is 0 Å². The number of likely N-dealkylation sites (tertiary alicyclic amines) is 1. The molecule has 1 saturated heterocycles. The monoisotopic (exact) mass is 410 g/mol. The molecule has 1 N–H and O–H groups in total. The van der Waals surface area contributed by atoms with E-state index in [0.717, 1.165) is 42.9 Å². The Morgan fingerprint density at radius 3 is 2.65 bits per heavy atom. The van der Waals surface area contributed by atoms with Crippen LogP contribution in [0.15, 0.2) is 23.3 Å². The molecule has 1 aromatic carbocycles. The Morgan fingerprint density at radius 2 is 1.96 bits per heavy atom. The predicted molar refractivity (Wildman–Crippen MR) is 109 cm³/mol. The van der Waals surface area contributed by atoms with Gasteiger partial charge in [0.1, 0.15) is 4.88 Å². The number of nitrogens with zero attached hydrogens (tertiary/aromatic N) is 3. The Balaban J connectivity index is 1.72. The molecular weight excluding hydrogens is 391 g/mol. The number of hydrogen-bond donors (Lipinski definition) is 1. The lowest BCUT2D eigenvalue weighted by Crippen LogP contribution is -2.35. The van der Waals surface area contributed by atoms with Crippen molar-refractivity contribution in [2.24, 2.45) is 5.10 Å². The van der Waals surface area contributed by atoms with Gasteiger partial charge in [-0.05, 0) is 50.8 Å². The number of rotatable bonds is 4. The third-order valence-corrected chi connectivity index (χ3v) is 6.08. The van der Waals surface area contributed by atoms with Crippen molar-refractivity contribution in [3.05, 3.63) is 44.4 Å². The molecule has 8 heteroatoms. The highest BCUT2D eigenvalue weighted by Gasteiger charge is 2.22. The molecule has 3 rings (SSSR count). The van der Waals surface area contributed by atoms with Crippen LogP contribution in [0.4, 0.5) is 5.13 Å². The number of nitrogens with one attached hydrogen (secondary N) is 1. The fraction of sp³-hybridized carbons (Fsp3) is 0.389. The van der Waals surface area contributed by atoms with E-state index in [9.17, 15) is 4.79 Å². The topological polar surface area (TPSA) is 57.6 Å². The summed E-state index contributed by atoms with van der Waals surface area (Å²) in [4.78, 5) is 19.7. The summed E-state index contributed by atoms with van der Waals surface area (Å²) in [5.74, 6) is 0.0675. The SMILES string of the molecule is C/C(=N\Nc1nc(C)c(C(=O)N2CCCCC2)s1)c1ccc(Cl)c(Cl)c1. The number of carbonyl (C=O) groups excluding carboxylic acids is 1. The normalized spacial score (nSPS) is 15.2. The molecule has 2 heterocycles. The number of benzene rings is 1. The summed E-state index contributed by atoms with van der Waals surface area (Å²) >= 11 is 13.3. The maximum atomic E-state index is 12.7. The average Bonchev–Trinajstić information content (AvgIpc) is 3.02. The number of aromatic nitrogens is 1. The van der Waals surface area contributed by atoms with Gasteiger partial charge < -0.3 is 4.90 Å². The summed E-state index contributed by atoms with van der Waals surface area (Å²) in [5.41, 5.74) is 5.29. The van der Waals surface area contributed by atoms with Crippen LogP contribution in [0.25, 0.3) is 0 Å². The van der Waals surface area contributed by atoms with Crippen molar-refractivity contribution in [2.75, 3.05) is 18.5 Å². The number of aryl methyl sites for hydroxylation is 1. The molecule has 0 spiro atoms. The van der Waals surface area contributed by atoms with Gasteiger partial charge in [-0.3, -0.25) is 10.2 Å². The Labute approximate surface area is 167 Å². The summed E-state index contributed by atoms with van der Waals surface area (Å²) in [6.07, 6.45) is 3.34. The molecule has 2 aromatic rings. The number of hydrazone groups is 1. The van der Waals surface area contributed by atoms with Crippen LogP contribution in [0.3, 0.4) is 0 Å². The van der Waals surface area contributed by atoms with Crippen molar-refractivity contribution < 1.29 is 4.79 Å². The molecular formula is C18H20Cl2N4OS. The molecule has 0 saturated carbocycles. The number of thiazole rings is 1. The summed E-state index contributed by atoms with van der Waals surface area (Å²) < 4.78 is 0. The van der Waals surface area contributed by atoms with Gasteiger partial charge in [-0.25, -0.2) is 4.98 Å². The largest absolute Gasteiger partial charge is 0.338 e. The predicted octanol–water partition coefficient (Wildman–Crippen LogP) is 5.22. The maximum absolute atomic E-state index is 12.7. The van der Waals surface area contributed by atoms with Gasteiger partial charge in [0, 0.05) is 13.1 Å². The molecule has 26 heavy (non-hydrogen) atoms. The van der Waals surface area contributed by atoms with E-state index in [1.165, 1.54) is 17.8 Å². The molecule has 0 radical (unpaired) electrons. The summed E-state index contributed by atoms with van der Waals surface area (Å²) in [7, 11) is 0. The number of halogens is 2. The zero-order valence-corrected chi connectivity index (χ0v) is 17.0. The lowest BCUT2D eigenvalue weighted by atomic mass is 10.1. The number of piperidine rings is 1. The van der Waals surface area contributed by atoms with Gasteiger partial charge in [-0.2, -0.15) is 5.10 Å². The van der Waals surface area contributed by atoms with Crippen molar-refractivity contribution in [3.8, 4) is 0 Å². The summed E-state index contributed by atoms with van der Waals surface area (Å²) in [6.45, 7) is 5.38. The molecule has 0 aliphatic carbocycles. The van der Waals surface area contributed by atoms with Crippen LogP contribution >= 0.6 is 34.5 Å². The van der Waals surface area contributed by atoms with Gasteiger partial charge in [-0.15, -0.1) is 0 Å². The van der Waals surface area contributed by atoms with E-state index in [-0.39, 0.29) is 5.91 Å². The van der Waals surface area contributed by atoms with Crippen LogP contribution in [0.5, 0.6) is 0 Å². The molecule has 1 fully saturated rings. The minimum absolute atomic E-state index is 0.0675. The second-order valence-corrected chi connectivity index (χ2v) is 8.04. The number of amides is 1. The second kappa shape index (κ2) is 8.37. The van der Waals surface area contributed by atoms with E-state index in [1.54, 1.807) is 12.1 Å². The van der Waals surface area contributed by atoms with Crippen molar-refractivity contribution in [1.29, 1.82) is 0 Å². The first-order valence-corrected chi connectivity index (χ1v) is 10.1. The lowest BCUT2D eigenvalue weighted by molar-refractivity contribution is 0.0728. The van der Waals surface area contributed by atoms with Crippen LogP contribution in [-0.4, -0.2) is 34.6 Å². The quantitative estimate of drug-likeness (QED) is 0.554. The van der Waals surface area contributed by atoms with E-state index in [1.807, 2.05) is 24.8 Å². The first kappa shape index (κ1) is 19.1. The fourth-order valence-electron chi connectivity index (χ4n) is 2.80. The van der Waals surface area contributed by atoms with E-state index >= 15 is 0 Å². The van der Waals surface area contributed by atoms with Crippen molar-refractivity contribution >= 4 is 51.3 Å². The van der Waals surface area contributed by atoms with Crippen molar-refractivity contribution in [2.45, 2.75) is 33.1 Å². The molecule has 0 unspecified atom stereocenters. The molecule has 0 bridgehead atoms.